The molecule has 1 aliphatic carbocycles. The summed E-state index contributed by atoms with van der Waals surface area (Å²) < 4.78 is 23.9. The van der Waals surface area contributed by atoms with Crippen molar-refractivity contribution in [1.82, 2.24) is 9.62 Å². The summed E-state index contributed by atoms with van der Waals surface area (Å²) in [7, 11) is -1.69. The molecule has 1 saturated carbocycles. The molecule has 1 aliphatic rings. The van der Waals surface area contributed by atoms with Gasteiger partial charge in [0.2, 0.25) is 15.9 Å². The van der Waals surface area contributed by atoms with E-state index in [0.717, 1.165) is 17.6 Å². The summed E-state index contributed by atoms with van der Waals surface area (Å²) in [5, 5.41) is 4.88. The minimum Gasteiger partial charge on any atom is -0.354 e. The Kier molecular flexibility index (Phi) is 4.21. The normalized spacial score (nSPS) is 24.0. The van der Waals surface area contributed by atoms with Crippen molar-refractivity contribution in [2.24, 2.45) is 5.41 Å². The molecule has 1 fully saturated rings. The van der Waals surface area contributed by atoms with Crippen molar-refractivity contribution < 1.29 is 13.2 Å². The molecule has 0 radical (unpaired) electrons. The molecule has 7 heteroatoms. The summed E-state index contributed by atoms with van der Waals surface area (Å²) in [5.74, 6) is -0.00292. The largest absolute Gasteiger partial charge is 0.354 e. The standard InChI is InChI=1S/C14H22N2O3S2/c1-13(2)10-14(13,11-6-5-9-20-11)12(17)15-7-8-16(3)21(4,18)19/h5-6,9H,7-8,10H2,1-4H3,(H,15,17)/t14-/m0/s1. The van der Waals surface area contributed by atoms with E-state index in [1.54, 1.807) is 11.3 Å². The third-order valence-corrected chi connectivity index (χ3v) is 6.69. The van der Waals surface area contributed by atoms with E-state index in [2.05, 4.69) is 19.2 Å². The van der Waals surface area contributed by atoms with E-state index in [4.69, 9.17) is 0 Å². The SMILES string of the molecule is CN(CCNC(=O)[C@@]1(c2cccs2)CC1(C)C)S(C)(=O)=O. The fourth-order valence-electron chi connectivity index (χ4n) is 2.70. The average molecular weight is 330 g/mol. The second-order valence-electron chi connectivity index (χ2n) is 6.28. The van der Waals surface area contributed by atoms with Gasteiger partial charge in [0.15, 0.2) is 0 Å². The Labute approximate surface area is 130 Å². The monoisotopic (exact) mass is 330 g/mol. The molecule has 21 heavy (non-hydrogen) atoms. The van der Waals surface area contributed by atoms with Crippen molar-refractivity contribution in [3.63, 3.8) is 0 Å². The van der Waals surface area contributed by atoms with E-state index in [0.29, 0.717) is 6.54 Å². The Morgan fingerprint density at radius 2 is 2.10 bits per heavy atom. The second kappa shape index (κ2) is 5.37. The highest BCUT2D eigenvalue weighted by atomic mass is 32.2. The van der Waals surface area contributed by atoms with Crippen LogP contribution in [0.1, 0.15) is 25.1 Å². The predicted octanol–water partition coefficient (Wildman–Crippen LogP) is 1.42. The fourth-order valence-corrected chi connectivity index (χ4v) is 4.23. The number of nitrogens with one attached hydrogen (secondary N) is 1. The van der Waals surface area contributed by atoms with Gasteiger partial charge < -0.3 is 5.32 Å². The molecule has 0 aromatic carbocycles. The second-order valence-corrected chi connectivity index (χ2v) is 9.32. The van der Waals surface area contributed by atoms with Crippen molar-refractivity contribution in [3.05, 3.63) is 22.4 Å². The molecular weight excluding hydrogens is 308 g/mol. The molecule has 118 valence electrons. The van der Waals surface area contributed by atoms with Gasteiger partial charge in [0.05, 0.1) is 11.7 Å². The number of rotatable bonds is 6. The van der Waals surface area contributed by atoms with Gasteiger partial charge in [0.25, 0.3) is 0 Å². The maximum Gasteiger partial charge on any atom is 0.232 e. The van der Waals surface area contributed by atoms with Gasteiger partial charge in [-0.3, -0.25) is 4.79 Å². The summed E-state index contributed by atoms with van der Waals surface area (Å²) >= 11 is 1.60. The molecule has 1 heterocycles. The Hall–Kier alpha value is -0.920. The molecule has 0 unspecified atom stereocenters. The summed E-state index contributed by atoms with van der Waals surface area (Å²) in [6, 6.07) is 3.96. The first-order valence-corrected chi connectivity index (χ1v) is 9.58. The van der Waals surface area contributed by atoms with Gasteiger partial charge in [-0.2, -0.15) is 0 Å². The third kappa shape index (κ3) is 3.00. The lowest BCUT2D eigenvalue weighted by Gasteiger charge is -2.20. The van der Waals surface area contributed by atoms with Crippen LogP contribution in [0.15, 0.2) is 17.5 Å². The molecule has 0 aliphatic heterocycles. The van der Waals surface area contributed by atoms with Crippen molar-refractivity contribution in [2.45, 2.75) is 25.7 Å². The van der Waals surface area contributed by atoms with Crippen LogP contribution in [-0.2, 0) is 20.2 Å². The van der Waals surface area contributed by atoms with Gasteiger partial charge in [0.1, 0.15) is 0 Å². The zero-order valence-corrected chi connectivity index (χ0v) is 14.5. The maximum atomic E-state index is 12.6. The lowest BCUT2D eigenvalue weighted by atomic mass is 9.93. The van der Waals surface area contributed by atoms with Crippen molar-refractivity contribution in [2.75, 3.05) is 26.4 Å². The molecule has 5 nitrogen and oxygen atoms in total. The minimum absolute atomic E-state index is 0.00292. The Morgan fingerprint density at radius 1 is 1.48 bits per heavy atom. The number of likely N-dealkylation sites (N-methyl/N-ethyl adjacent to an activating group) is 1. The molecule has 1 aromatic heterocycles. The number of amides is 1. The number of hydrogen-bond donors (Lipinski definition) is 1. The number of carbonyl (C=O) groups is 1. The Bertz CT molecular complexity index is 623. The van der Waals surface area contributed by atoms with Crippen LogP contribution in [0.5, 0.6) is 0 Å². The van der Waals surface area contributed by atoms with E-state index in [-0.39, 0.29) is 17.9 Å². The van der Waals surface area contributed by atoms with Crippen LogP contribution in [0.3, 0.4) is 0 Å². The summed E-state index contributed by atoms with van der Waals surface area (Å²) in [6.45, 7) is 4.79. The maximum absolute atomic E-state index is 12.6. The van der Waals surface area contributed by atoms with Crippen LogP contribution >= 0.6 is 11.3 Å². The van der Waals surface area contributed by atoms with Gasteiger partial charge in [-0.25, -0.2) is 12.7 Å². The molecule has 1 amide bonds. The number of carbonyl (C=O) groups excluding carboxylic acids is 1. The van der Waals surface area contributed by atoms with Gasteiger partial charge in [-0.05, 0) is 23.3 Å². The molecule has 2 rings (SSSR count). The van der Waals surface area contributed by atoms with E-state index < -0.39 is 15.4 Å². The van der Waals surface area contributed by atoms with E-state index in [1.165, 1.54) is 11.4 Å². The van der Waals surface area contributed by atoms with Gasteiger partial charge in [0, 0.05) is 25.0 Å². The average Bonchev–Trinajstić information content (AvgIpc) is 2.78. The third-order valence-electron chi connectivity index (χ3n) is 4.35. The minimum atomic E-state index is -3.20. The highest BCUT2D eigenvalue weighted by Crippen LogP contribution is 2.65. The first-order chi connectivity index (χ1) is 9.61. The van der Waals surface area contributed by atoms with Gasteiger partial charge >= 0.3 is 0 Å². The van der Waals surface area contributed by atoms with Gasteiger partial charge in [-0.1, -0.05) is 19.9 Å². The topological polar surface area (TPSA) is 66.5 Å². The number of nitrogens with zero attached hydrogens (tertiary/aromatic N) is 1. The number of sulfonamides is 1. The van der Waals surface area contributed by atoms with Crippen molar-refractivity contribution in [3.8, 4) is 0 Å². The van der Waals surface area contributed by atoms with Crippen LogP contribution in [0.4, 0.5) is 0 Å². The molecule has 0 spiro atoms. The van der Waals surface area contributed by atoms with Crippen LogP contribution in [0, 0.1) is 5.41 Å². The molecule has 0 saturated heterocycles. The lowest BCUT2D eigenvalue weighted by Crippen LogP contribution is -2.41. The zero-order valence-electron chi connectivity index (χ0n) is 12.8. The first-order valence-electron chi connectivity index (χ1n) is 6.85. The first kappa shape index (κ1) is 16.5. The highest BCUT2D eigenvalue weighted by molar-refractivity contribution is 7.88. The van der Waals surface area contributed by atoms with Crippen LogP contribution in [-0.4, -0.2) is 45.0 Å². The quantitative estimate of drug-likeness (QED) is 0.858. The van der Waals surface area contributed by atoms with Crippen LogP contribution < -0.4 is 5.32 Å². The van der Waals surface area contributed by atoms with Crippen molar-refractivity contribution >= 4 is 27.3 Å². The lowest BCUT2D eigenvalue weighted by molar-refractivity contribution is -0.124. The molecule has 1 atom stereocenters. The fraction of sp³-hybridized carbons (Fsp3) is 0.643. The smallest absolute Gasteiger partial charge is 0.232 e. The van der Waals surface area contributed by atoms with E-state index in [9.17, 15) is 13.2 Å². The number of hydrogen-bond acceptors (Lipinski definition) is 4. The summed E-state index contributed by atoms with van der Waals surface area (Å²) in [6.07, 6.45) is 1.99. The van der Waals surface area contributed by atoms with Crippen molar-refractivity contribution in [1.29, 1.82) is 0 Å². The van der Waals surface area contributed by atoms with Crippen LogP contribution in [0.2, 0.25) is 0 Å². The Morgan fingerprint density at radius 3 is 2.52 bits per heavy atom. The summed E-state index contributed by atoms with van der Waals surface area (Å²) in [5.41, 5.74) is -0.504. The molecule has 0 bridgehead atoms. The van der Waals surface area contributed by atoms with E-state index in [1.807, 2.05) is 17.5 Å². The summed E-state index contributed by atoms with van der Waals surface area (Å²) in [4.78, 5) is 13.7. The number of thiophene rings is 1. The molecule has 1 aromatic rings. The zero-order chi connectivity index (χ0) is 15.9. The predicted molar refractivity (Wildman–Crippen MR) is 84.9 cm³/mol. The molecular formula is C14H22N2O3S2. The molecule has 1 N–H and O–H groups in total. The Balaban J connectivity index is 2.00. The van der Waals surface area contributed by atoms with Gasteiger partial charge in [-0.15, -0.1) is 11.3 Å². The van der Waals surface area contributed by atoms with E-state index >= 15 is 0 Å². The van der Waals surface area contributed by atoms with Crippen LogP contribution in [0.25, 0.3) is 0 Å². The highest BCUT2D eigenvalue weighted by Gasteiger charge is 2.67.